The molecule has 7 heteroatoms. The Bertz CT molecular complexity index is 481. The van der Waals surface area contributed by atoms with E-state index in [1.54, 1.807) is 12.1 Å². The number of hydrogen-bond donors (Lipinski definition) is 0. The van der Waals surface area contributed by atoms with Crippen LogP contribution >= 0.6 is 0 Å². The Morgan fingerprint density at radius 2 is 2.14 bits per heavy atom. The molecule has 1 fully saturated rings. The smallest absolute Gasteiger partial charge is 0.387 e. The number of alkyl halides is 2. The van der Waals surface area contributed by atoms with Crippen LogP contribution in [-0.4, -0.2) is 49.8 Å². The lowest BCUT2D eigenvalue weighted by atomic mass is 10.2. The molecule has 0 unspecified atom stereocenters. The van der Waals surface area contributed by atoms with Crippen molar-refractivity contribution in [3.8, 4) is 5.75 Å². The van der Waals surface area contributed by atoms with Crippen LogP contribution in [0.3, 0.4) is 0 Å². The maximum absolute atomic E-state index is 12.1. The van der Waals surface area contributed by atoms with E-state index in [-0.39, 0.29) is 24.4 Å². The maximum atomic E-state index is 12.1. The standard InChI is InChI=1S/C15H19F2NO4/c1-2-18-7-8-20-10-13(18)14(19)21-9-11-3-5-12(6-4-11)22-15(16)17/h3-6,13,15H,2,7-10H2,1H3/t13-/m1/s1. The van der Waals surface area contributed by atoms with Crippen LogP contribution in [0, 0.1) is 0 Å². The summed E-state index contributed by atoms with van der Waals surface area (Å²) in [6, 6.07) is 5.61. The highest BCUT2D eigenvalue weighted by Gasteiger charge is 2.29. The number of halogens is 2. The Balaban J connectivity index is 1.85. The molecule has 0 bridgehead atoms. The average molecular weight is 315 g/mol. The minimum atomic E-state index is -2.85. The summed E-state index contributed by atoms with van der Waals surface area (Å²) in [6.07, 6.45) is 0. The molecule has 0 aliphatic carbocycles. The second-order valence-electron chi connectivity index (χ2n) is 4.85. The first-order chi connectivity index (χ1) is 10.6. The van der Waals surface area contributed by atoms with Crippen molar-refractivity contribution in [1.82, 2.24) is 4.90 Å². The number of benzene rings is 1. The van der Waals surface area contributed by atoms with Crippen molar-refractivity contribution < 1.29 is 27.8 Å². The monoisotopic (exact) mass is 315 g/mol. The minimum Gasteiger partial charge on any atom is -0.460 e. The number of rotatable bonds is 6. The van der Waals surface area contributed by atoms with E-state index in [1.165, 1.54) is 12.1 Å². The summed E-state index contributed by atoms with van der Waals surface area (Å²) in [7, 11) is 0. The highest BCUT2D eigenvalue weighted by molar-refractivity contribution is 5.76. The molecule has 1 aliphatic heterocycles. The van der Waals surface area contributed by atoms with Crippen LogP contribution in [0.1, 0.15) is 12.5 Å². The van der Waals surface area contributed by atoms with E-state index in [2.05, 4.69) is 4.74 Å². The molecule has 0 spiro atoms. The molecule has 1 heterocycles. The lowest BCUT2D eigenvalue weighted by molar-refractivity contribution is -0.157. The number of likely N-dealkylation sites (N-methyl/N-ethyl adjacent to an activating group) is 1. The summed E-state index contributed by atoms with van der Waals surface area (Å²) in [5.41, 5.74) is 0.703. The predicted molar refractivity (Wildman–Crippen MR) is 74.7 cm³/mol. The van der Waals surface area contributed by atoms with E-state index in [4.69, 9.17) is 9.47 Å². The fraction of sp³-hybridized carbons (Fsp3) is 0.533. The second kappa shape index (κ2) is 8.05. The molecule has 1 aromatic carbocycles. The van der Waals surface area contributed by atoms with Gasteiger partial charge in [0.1, 0.15) is 18.4 Å². The van der Waals surface area contributed by atoms with Crippen molar-refractivity contribution in [3.63, 3.8) is 0 Å². The fourth-order valence-electron chi connectivity index (χ4n) is 2.25. The van der Waals surface area contributed by atoms with Gasteiger partial charge in [-0.3, -0.25) is 9.69 Å². The predicted octanol–water partition coefficient (Wildman–Crippen LogP) is 2.05. The van der Waals surface area contributed by atoms with Gasteiger partial charge in [-0.2, -0.15) is 8.78 Å². The van der Waals surface area contributed by atoms with Gasteiger partial charge in [-0.05, 0) is 24.2 Å². The van der Waals surface area contributed by atoms with Gasteiger partial charge < -0.3 is 14.2 Å². The highest BCUT2D eigenvalue weighted by atomic mass is 19.3. The summed E-state index contributed by atoms with van der Waals surface area (Å²) in [6.45, 7) is 1.61. The molecule has 0 saturated carbocycles. The Hall–Kier alpha value is -1.73. The van der Waals surface area contributed by atoms with Crippen LogP contribution in [-0.2, 0) is 20.9 Å². The molecule has 0 amide bonds. The van der Waals surface area contributed by atoms with Crippen molar-refractivity contribution in [3.05, 3.63) is 29.8 Å². The third-order valence-electron chi connectivity index (χ3n) is 3.45. The first kappa shape index (κ1) is 16.6. The Labute approximate surface area is 127 Å². The van der Waals surface area contributed by atoms with Gasteiger partial charge in [0.15, 0.2) is 0 Å². The Morgan fingerprint density at radius 1 is 1.41 bits per heavy atom. The third kappa shape index (κ3) is 4.64. The Morgan fingerprint density at radius 3 is 2.77 bits per heavy atom. The van der Waals surface area contributed by atoms with Crippen LogP contribution in [0.4, 0.5) is 8.78 Å². The number of carbonyl (C=O) groups is 1. The van der Waals surface area contributed by atoms with Crippen molar-refractivity contribution in [2.45, 2.75) is 26.2 Å². The summed E-state index contributed by atoms with van der Waals surface area (Å²) >= 11 is 0. The lowest BCUT2D eigenvalue weighted by Crippen LogP contribution is -2.50. The first-order valence-corrected chi connectivity index (χ1v) is 7.12. The van der Waals surface area contributed by atoms with Gasteiger partial charge in [0.25, 0.3) is 0 Å². The molecule has 22 heavy (non-hydrogen) atoms. The summed E-state index contributed by atoms with van der Waals surface area (Å²) in [4.78, 5) is 14.1. The number of esters is 1. The third-order valence-corrected chi connectivity index (χ3v) is 3.45. The normalized spacial score (nSPS) is 19.2. The SMILES string of the molecule is CCN1CCOC[C@@H]1C(=O)OCc1ccc(OC(F)F)cc1. The van der Waals surface area contributed by atoms with E-state index >= 15 is 0 Å². The molecule has 1 aliphatic rings. The van der Waals surface area contributed by atoms with Gasteiger partial charge in [-0.25, -0.2) is 0 Å². The van der Waals surface area contributed by atoms with Gasteiger partial charge in [-0.1, -0.05) is 19.1 Å². The summed E-state index contributed by atoms with van der Waals surface area (Å²) < 4.78 is 38.9. The molecule has 1 saturated heterocycles. The van der Waals surface area contributed by atoms with Crippen molar-refractivity contribution in [2.24, 2.45) is 0 Å². The van der Waals surface area contributed by atoms with Crippen molar-refractivity contribution in [2.75, 3.05) is 26.3 Å². The largest absolute Gasteiger partial charge is 0.460 e. The molecule has 5 nitrogen and oxygen atoms in total. The maximum Gasteiger partial charge on any atom is 0.387 e. The van der Waals surface area contributed by atoms with Gasteiger partial charge in [-0.15, -0.1) is 0 Å². The van der Waals surface area contributed by atoms with Crippen LogP contribution in [0.5, 0.6) is 5.75 Å². The van der Waals surface area contributed by atoms with Gasteiger partial charge in [0.05, 0.1) is 13.2 Å². The van der Waals surface area contributed by atoms with Gasteiger partial charge >= 0.3 is 12.6 Å². The Kier molecular flexibility index (Phi) is 6.09. The van der Waals surface area contributed by atoms with E-state index in [1.807, 2.05) is 11.8 Å². The fourth-order valence-corrected chi connectivity index (χ4v) is 2.25. The van der Waals surface area contributed by atoms with Crippen LogP contribution < -0.4 is 4.74 Å². The van der Waals surface area contributed by atoms with Gasteiger partial charge in [0, 0.05) is 6.54 Å². The molecular formula is C15H19F2NO4. The molecule has 0 radical (unpaired) electrons. The number of morpholine rings is 1. The summed E-state index contributed by atoms with van der Waals surface area (Å²) in [5, 5.41) is 0. The van der Waals surface area contributed by atoms with Crippen molar-refractivity contribution >= 4 is 5.97 Å². The average Bonchev–Trinajstić information content (AvgIpc) is 2.53. The van der Waals surface area contributed by atoms with Crippen LogP contribution in [0.2, 0.25) is 0 Å². The van der Waals surface area contributed by atoms with E-state index in [9.17, 15) is 13.6 Å². The van der Waals surface area contributed by atoms with E-state index < -0.39 is 6.61 Å². The van der Waals surface area contributed by atoms with E-state index in [0.29, 0.717) is 25.3 Å². The molecule has 0 aromatic heterocycles. The number of ether oxygens (including phenoxy) is 3. The quantitative estimate of drug-likeness (QED) is 0.752. The van der Waals surface area contributed by atoms with Crippen LogP contribution in [0.25, 0.3) is 0 Å². The zero-order valence-electron chi connectivity index (χ0n) is 12.3. The van der Waals surface area contributed by atoms with Crippen molar-refractivity contribution in [1.29, 1.82) is 0 Å². The molecule has 0 N–H and O–H groups in total. The number of carbonyl (C=O) groups excluding carboxylic acids is 1. The molecular weight excluding hydrogens is 296 g/mol. The molecule has 2 rings (SSSR count). The zero-order chi connectivity index (χ0) is 15.9. The van der Waals surface area contributed by atoms with E-state index in [0.717, 1.165) is 6.54 Å². The second-order valence-corrected chi connectivity index (χ2v) is 4.85. The zero-order valence-corrected chi connectivity index (χ0v) is 12.3. The minimum absolute atomic E-state index is 0.0721. The molecule has 1 aromatic rings. The lowest BCUT2D eigenvalue weighted by Gasteiger charge is -2.32. The topological polar surface area (TPSA) is 48.0 Å². The number of hydrogen-bond acceptors (Lipinski definition) is 5. The molecule has 1 atom stereocenters. The van der Waals surface area contributed by atoms with Crippen LogP contribution in [0.15, 0.2) is 24.3 Å². The highest BCUT2D eigenvalue weighted by Crippen LogP contribution is 2.16. The van der Waals surface area contributed by atoms with Gasteiger partial charge in [0.2, 0.25) is 0 Å². The summed E-state index contributed by atoms with van der Waals surface area (Å²) in [5.74, 6) is -0.266. The first-order valence-electron chi connectivity index (χ1n) is 7.12. The molecule has 122 valence electrons. The number of nitrogens with zero attached hydrogens (tertiary/aromatic N) is 1.